The highest BCUT2D eigenvalue weighted by Gasteiger charge is 1.98. The molecule has 0 aromatic heterocycles. The van der Waals surface area contributed by atoms with Gasteiger partial charge in [-0.25, -0.2) is 0 Å². The van der Waals surface area contributed by atoms with Crippen molar-refractivity contribution in [2.75, 3.05) is 5.75 Å². The summed E-state index contributed by atoms with van der Waals surface area (Å²) in [6.07, 6.45) is 10.6. The van der Waals surface area contributed by atoms with E-state index in [0.29, 0.717) is 0 Å². The summed E-state index contributed by atoms with van der Waals surface area (Å²) in [5.74, 6) is 0.959. The van der Waals surface area contributed by atoms with E-state index in [9.17, 15) is 0 Å². The SMILES string of the molecule is C=CCS/C=C\C=C=C(CCCC)Cc1ccccc1. The number of hydrogen-bond acceptors (Lipinski definition) is 1. The smallest absolute Gasteiger partial charge is 0.0152 e. The highest BCUT2D eigenvalue weighted by atomic mass is 32.2. The predicted molar refractivity (Wildman–Crippen MR) is 93.1 cm³/mol. The molecule has 0 N–H and O–H groups in total. The van der Waals surface area contributed by atoms with Crippen LogP contribution in [0.4, 0.5) is 0 Å². The number of unbranched alkanes of at least 4 members (excludes halogenated alkanes) is 1. The highest BCUT2D eigenvalue weighted by Crippen LogP contribution is 2.13. The van der Waals surface area contributed by atoms with Crippen LogP contribution in [0.3, 0.4) is 0 Å². The van der Waals surface area contributed by atoms with Gasteiger partial charge >= 0.3 is 0 Å². The fourth-order valence-corrected chi connectivity index (χ4v) is 2.27. The normalized spacial score (nSPS) is 10.2. The van der Waals surface area contributed by atoms with Gasteiger partial charge in [-0.1, -0.05) is 49.8 Å². The Morgan fingerprint density at radius 2 is 2.10 bits per heavy atom. The Morgan fingerprint density at radius 3 is 2.80 bits per heavy atom. The summed E-state index contributed by atoms with van der Waals surface area (Å²) in [5.41, 5.74) is 6.20. The maximum atomic E-state index is 3.70. The van der Waals surface area contributed by atoms with Gasteiger partial charge in [-0.2, -0.15) is 0 Å². The third-order valence-electron chi connectivity index (χ3n) is 2.86. The Hall–Kier alpha value is -1.43. The van der Waals surface area contributed by atoms with Crippen molar-refractivity contribution < 1.29 is 0 Å². The lowest BCUT2D eigenvalue weighted by Crippen LogP contribution is -1.89. The zero-order valence-corrected chi connectivity index (χ0v) is 13.2. The fourth-order valence-electron chi connectivity index (χ4n) is 1.83. The quantitative estimate of drug-likeness (QED) is 0.234. The van der Waals surface area contributed by atoms with E-state index in [1.807, 2.05) is 12.2 Å². The van der Waals surface area contributed by atoms with Gasteiger partial charge in [-0.3, -0.25) is 0 Å². The molecular formula is C19H24S. The summed E-state index contributed by atoms with van der Waals surface area (Å²) in [5, 5.41) is 2.09. The monoisotopic (exact) mass is 284 g/mol. The molecule has 0 aliphatic rings. The van der Waals surface area contributed by atoms with Gasteiger partial charge < -0.3 is 0 Å². The van der Waals surface area contributed by atoms with Crippen LogP contribution in [-0.4, -0.2) is 5.75 Å². The van der Waals surface area contributed by atoms with Gasteiger partial charge in [0.1, 0.15) is 0 Å². The first-order chi connectivity index (χ1) is 9.86. The van der Waals surface area contributed by atoms with E-state index in [-0.39, 0.29) is 0 Å². The lowest BCUT2D eigenvalue weighted by molar-refractivity contribution is 0.773. The second-order valence-electron chi connectivity index (χ2n) is 4.63. The zero-order chi connectivity index (χ0) is 14.5. The molecule has 0 spiro atoms. The van der Waals surface area contributed by atoms with Gasteiger partial charge in [0, 0.05) is 12.2 Å². The van der Waals surface area contributed by atoms with Crippen molar-refractivity contribution in [2.45, 2.75) is 32.6 Å². The average molecular weight is 284 g/mol. The Bertz CT molecular complexity index is 462. The molecule has 0 atom stereocenters. The van der Waals surface area contributed by atoms with Crippen LogP contribution in [0.15, 0.2) is 71.9 Å². The van der Waals surface area contributed by atoms with Crippen LogP contribution >= 0.6 is 11.8 Å². The molecule has 1 heteroatoms. The average Bonchev–Trinajstić information content (AvgIpc) is 2.49. The summed E-state index contributed by atoms with van der Waals surface area (Å²) in [4.78, 5) is 0. The molecule has 0 amide bonds. The van der Waals surface area contributed by atoms with E-state index in [0.717, 1.165) is 18.6 Å². The van der Waals surface area contributed by atoms with E-state index in [2.05, 4.69) is 61.0 Å². The van der Waals surface area contributed by atoms with Crippen molar-refractivity contribution in [3.05, 3.63) is 77.4 Å². The molecular weight excluding hydrogens is 260 g/mol. The molecule has 20 heavy (non-hydrogen) atoms. The first-order valence-corrected chi connectivity index (χ1v) is 8.27. The van der Waals surface area contributed by atoms with Crippen molar-refractivity contribution in [1.82, 2.24) is 0 Å². The molecule has 0 heterocycles. The van der Waals surface area contributed by atoms with Crippen molar-refractivity contribution >= 4 is 11.8 Å². The van der Waals surface area contributed by atoms with Gasteiger partial charge in [0.2, 0.25) is 0 Å². The molecule has 0 radical (unpaired) electrons. The van der Waals surface area contributed by atoms with Crippen molar-refractivity contribution in [1.29, 1.82) is 0 Å². The third-order valence-corrected chi connectivity index (χ3v) is 3.64. The number of thioether (sulfide) groups is 1. The standard InChI is InChI=1S/C19H24S/c1-3-5-11-18(14-9-10-16-20-15-4-2)17-19-12-7-6-8-13-19/h4,6-10,12-13,16H,2-3,5,11,15,17H2,1H3/b16-10-. The van der Waals surface area contributed by atoms with Crippen LogP contribution < -0.4 is 0 Å². The summed E-state index contributed by atoms with van der Waals surface area (Å²) >= 11 is 1.75. The summed E-state index contributed by atoms with van der Waals surface area (Å²) in [6, 6.07) is 10.6. The summed E-state index contributed by atoms with van der Waals surface area (Å²) in [6.45, 7) is 5.93. The lowest BCUT2D eigenvalue weighted by Gasteiger charge is -2.04. The topological polar surface area (TPSA) is 0 Å². The zero-order valence-electron chi connectivity index (χ0n) is 12.3. The molecule has 0 bridgehead atoms. The van der Waals surface area contributed by atoms with Gasteiger partial charge in [0.05, 0.1) is 0 Å². The number of benzene rings is 1. The van der Waals surface area contributed by atoms with Crippen LogP contribution in [0.5, 0.6) is 0 Å². The maximum absolute atomic E-state index is 3.70. The molecule has 1 aromatic rings. The van der Waals surface area contributed by atoms with Crippen LogP contribution in [0.1, 0.15) is 31.7 Å². The minimum atomic E-state index is 0.959. The minimum Gasteiger partial charge on any atom is -0.130 e. The van der Waals surface area contributed by atoms with Crippen molar-refractivity contribution in [3.8, 4) is 0 Å². The molecule has 0 saturated heterocycles. The molecule has 0 unspecified atom stereocenters. The summed E-state index contributed by atoms with van der Waals surface area (Å²) in [7, 11) is 0. The molecule has 1 aromatic carbocycles. The van der Waals surface area contributed by atoms with Gasteiger partial charge in [0.25, 0.3) is 0 Å². The van der Waals surface area contributed by atoms with Crippen molar-refractivity contribution in [2.24, 2.45) is 0 Å². The van der Waals surface area contributed by atoms with E-state index in [1.165, 1.54) is 24.0 Å². The molecule has 0 aliphatic heterocycles. The Balaban J connectivity index is 2.64. The van der Waals surface area contributed by atoms with Crippen LogP contribution in [-0.2, 0) is 6.42 Å². The van der Waals surface area contributed by atoms with Gasteiger partial charge in [-0.15, -0.1) is 24.1 Å². The molecule has 1 rings (SSSR count). The van der Waals surface area contributed by atoms with Crippen LogP contribution in [0.25, 0.3) is 0 Å². The molecule has 0 fully saturated rings. The van der Waals surface area contributed by atoms with Gasteiger partial charge in [0.15, 0.2) is 0 Å². The van der Waals surface area contributed by atoms with Gasteiger partial charge in [-0.05, 0) is 41.5 Å². The van der Waals surface area contributed by atoms with Crippen LogP contribution in [0.2, 0.25) is 0 Å². The molecule has 0 aliphatic carbocycles. The van der Waals surface area contributed by atoms with Crippen LogP contribution in [0, 0.1) is 0 Å². The first kappa shape index (κ1) is 16.6. The second kappa shape index (κ2) is 11.4. The molecule has 106 valence electrons. The molecule has 0 nitrogen and oxygen atoms in total. The van der Waals surface area contributed by atoms with Crippen molar-refractivity contribution in [3.63, 3.8) is 0 Å². The van der Waals surface area contributed by atoms with E-state index < -0.39 is 0 Å². The second-order valence-corrected chi connectivity index (χ2v) is 5.57. The number of allylic oxidation sites excluding steroid dienone is 2. The van der Waals surface area contributed by atoms with E-state index in [4.69, 9.17) is 0 Å². The van der Waals surface area contributed by atoms with E-state index in [1.54, 1.807) is 11.8 Å². The third kappa shape index (κ3) is 7.89. The maximum Gasteiger partial charge on any atom is 0.0152 e. The largest absolute Gasteiger partial charge is 0.130 e. The lowest BCUT2D eigenvalue weighted by atomic mass is 10.0. The van der Waals surface area contributed by atoms with E-state index >= 15 is 0 Å². The minimum absolute atomic E-state index is 0.959. The highest BCUT2D eigenvalue weighted by molar-refractivity contribution is 8.02. The summed E-state index contributed by atoms with van der Waals surface area (Å²) < 4.78 is 0. The number of hydrogen-bond donors (Lipinski definition) is 0. The number of rotatable bonds is 9. The fraction of sp³-hybridized carbons (Fsp3) is 0.316. The molecule has 0 saturated carbocycles. The Kier molecular flexibility index (Phi) is 9.48. The predicted octanol–water partition coefficient (Wildman–Crippen LogP) is 5.93. The first-order valence-electron chi connectivity index (χ1n) is 7.22. The Morgan fingerprint density at radius 1 is 1.30 bits per heavy atom. The Labute approximate surface area is 128 Å².